The van der Waals surface area contributed by atoms with Gasteiger partial charge < -0.3 is 14.2 Å². The Balaban J connectivity index is 1.32. The first kappa shape index (κ1) is 14.7. The number of carbonyl (C=O) groups excluding carboxylic acids is 1. The number of esters is 1. The molecule has 2 aliphatic heterocycles. The highest BCUT2D eigenvalue weighted by molar-refractivity contribution is 5.74. The summed E-state index contributed by atoms with van der Waals surface area (Å²) in [5, 5.41) is 0. The molecule has 0 spiro atoms. The third-order valence-electron chi connectivity index (χ3n) is 5.73. The molecular weight excluding hydrogens is 280 g/mol. The lowest BCUT2D eigenvalue weighted by atomic mass is 9.69. The fourth-order valence-electron chi connectivity index (χ4n) is 5.01. The molecule has 2 heterocycles. The van der Waals surface area contributed by atoms with Crippen LogP contribution in [0.2, 0.25) is 0 Å². The van der Waals surface area contributed by atoms with Crippen molar-refractivity contribution in [2.75, 3.05) is 13.4 Å². The van der Waals surface area contributed by atoms with E-state index in [2.05, 4.69) is 32.9 Å². The summed E-state index contributed by atoms with van der Waals surface area (Å²) in [6.07, 6.45) is 7.14. The third-order valence-corrected chi connectivity index (χ3v) is 5.73. The second-order valence-electron chi connectivity index (χ2n) is 8.57. The zero-order valence-electron chi connectivity index (χ0n) is 13.7. The topological polar surface area (TPSA) is 44.8 Å². The molecule has 2 saturated heterocycles. The van der Waals surface area contributed by atoms with Crippen molar-refractivity contribution in [3.8, 4) is 0 Å². The van der Waals surface area contributed by atoms with Gasteiger partial charge in [0.2, 0.25) is 0 Å². The summed E-state index contributed by atoms with van der Waals surface area (Å²) in [4.78, 5) is 12.4. The van der Waals surface area contributed by atoms with Crippen molar-refractivity contribution in [2.45, 2.75) is 45.8 Å². The number of hydrogen-bond acceptors (Lipinski definition) is 4. The van der Waals surface area contributed by atoms with Crippen molar-refractivity contribution >= 4 is 5.97 Å². The molecule has 22 heavy (non-hydrogen) atoms. The maximum atomic E-state index is 12.4. The summed E-state index contributed by atoms with van der Waals surface area (Å²) in [5.41, 5.74) is 0.0879. The van der Waals surface area contributed by atoms with Gasteiger partial charge in [-0.1, -0.05) is 32.9 Å². The lowest BCUT2D eigenvalue weighted by Gasteiger charge is -2.32. The molecule has 1 saturated carbocycles. The minimum absolute atomic E-state index is 0.0596. The van der Waals surface area contributed by atoms with Crippen LogP contribution in [0, 0.1) is 35.0 Å². The molecule has 0 radical (unpaired) electrons. The predicted molar refractivity (Wildman–Crippen MR) is 80.9 cm³/mol. The van der Waals surface area contributed by atoms with Gasteiger partial charge in [0.1, 0.15) is 0 Å². The number of carbonyl (C=O) groups is 1. The van der Waals surface area contributed by atoms with E-state index in [1.165, 1.54) is 6.42 Å². The Morgan fingerprint density at radius 1 is 1.18 bits per heavy atom. The highest BCUT2D eigenvalue weighted by atomic mass is 16.7. The van der Waals surface area contributed by atoms with Gasteiger partial charge in [-0.05, 0) is 41.9 Å². The molecule has 7 atom stereocenters. The molecule has 4 bridgehead atoms. The molecule has 3 fully saturated rings. The van der Waals surface area contributed by atoms with Crippen LogP contribution in [0.25, 0.3) is 0 Å². The van der Waals surface area contributed by atoms with E-state index in [-0.39, 0.29) is 36.3 Å². The highest BCUT2D eigenvalue weighted by Gasteiger charge is 2.64. The average Bonchev–Trinajstić information content (AvgIpc) is 3.18. The molecule has 0 aromatic carbocycles. The third kappa shape index (κ3) is 2.31. The van der Waals surface area contributed by atoms with Crippen molar-refractivity contribution < 1.29 is 19.0 Å². The number of allylic oxidation sites excluding steroid dienone is 2. The first-order valence-electron chi connectivity index (χ1n) is 8.52. The van der Waals surface area contributed by atoms with Gasteiger partial charge in [-0.2, -0.15) is 0 Å². The minimum atomic E-state index is -0.133. The fraction of sp³-hybridized carbons (Fsp3) is 0.833. The molecule has 4 nitrogen and oxygen atoms in total. The zero-order chi connectivity index (χ0) is 15.5. The highest BCUT2D eigenvalue weighted by Crippen LogP contribution is 2.61. The van der Waals surface area contributed by atoms with Crippen LogP contribution >= 0.6 is 0 Å². The van der Waals surface area contributed by atoms with Crippen LogP contribution in [-0.2, 0) is 19.0 Å². The Hall–Kier alpha value is -0.870. The van der Waals surface area contributed by atoms with E-state index >= 15 is 0 Å². The Morgan fingerprint density at radius 3 is 2.64 bits per heavy atom. The predicted octanol–water partition coefficient (Wildman–Crippen LogP) is 2.78. The van der Waals surface area contributed by atoms with Gasteiger partial charge in [0.25, 0.3) is 0 Å². The molecule has 0 aromatic rings. The van der Waals surface area contributed by atoms with E-state index in [0.717, 1.165) is 6.42 Å². The Morgan fingerprint density at radius 2 is 1.91 bits per heavy atom. The molecule has 4 aliphatic rings. The zero-order valence-corrected chi connectivity index (χ0v) is 13.7. The molecular formula is C18H26O4. The van der Waals surface area contributed by atoms with Gasteiger partial charge in [0, 0.05) is 0 Å². The first-order chi connectivity index (χ1) is 10.4. The summed E-state index contributed by atoms with van der Waals surface area (Å²) in [6, 6.07) is 0. The lowest BCUT2D eigenvalue weighted by molar-refractivity contribution is -0.166. The number of rotatable bonds is 4. The van der Waals surface area contributed by atoms with Crippen LogP contribution in [0.15, 0.2) is 12.2 Å². The van der Waals surface area contributed by atoms with E-state index in [0.29, 0.717) is 30.3 Å². The summed E-state index contributed by atoms with van der Waals surface area (Å²) in [5.74, 6) is 2.29. The second-order valence-corrected chi connectivity index (χ2v) is 8.57. The van der Waals surface area contributed by atoms with Gasteiger partial charge in [-0.15, -0.1) is 0 Å². The Kier molecular flexibility index (Phi) is 3.39. The molecule has 0 N–H and O–H groups in total. The minimum Gasteiger partial charge on any atom is -0.438 e. The number of hydrogen-bond donors (Lipinski definition) is 0. The van der Waals surface area contributed by atoms with Crippen molar-refractivity contribution in [3.05, 3.63) is 12.2 Å². The van der Waals surface area contributed by atoms with Crippen LogP contribution in [0.5, 0.6) is 0 Å². The monoisotopic (exact) mass is 306 g/mol. The van der Waals surface area contributed by atoms with Crippen LogP contribution in [0.4, 0.5) is 0 Å². The van der Waals surface area contributed by atoms with Crippen molar-refractivity contribution in [3.63, 3.8) is 0 Å². The van der Waals surface area contributed by atoms with Crippen LogP contribution in [-0.4, -0.2) is 31.6 Å². The normalized spacial score (nSPS) is 44.6. The van der Waals surface area contributed by atoms with Crippen LogP contribution in [0.3, 0.4) is 0 Å². The molecule has 122 valence electrons. The van der Waals surface area contributed by atoms with Crippen molar-refractivity contribution in [1.29, 1.82) is 0 Å². The van der Waals surface area contributed by atoms with Crippen molar-refractivity contribution in [1.82, 2.24) is 0 Å². The van der Waals surface area contributed by atoms with Gasteiger partial charge >= 0.3 is 5.97 Å². The van der Waals surface area contributed by atoms with E-state index in [1.807, 2.05) is 0 Å². The lowest BCUT2D eigenvalue weighted by Crippen LogP contribution is -2.39. The van der Waals surface area contributed by atoms with E-state index in [9.17, 15) is 4.79 Å². The molecule has 7 unspecified atom stereocenters. The molecule has 4 rings (SSSR count). The summed E-state index contributed by atoms with van der Waals surface area (Å²) >= 11 is 0. The summed E-state index contributed by atoms with van der Waals surface area (Å²) in [6.45, 7) is 6.95. The maximum absolute atomic E-state index is 12.4. The number of fused-ring (bicyclic) bond motifs is 9. The maximum Gasteiger partial charge on any atom is 0.313 e. The summed E-state index contributed by atoms with van der Waals surface area (Å²) in [7, 11) is 0. The Bertz CT molecular complexity index is 492. The van der Waals surface area contributed by atoms with Gasteiger partial charge in [0.05, 0.1) is 24.7 Å². The van der Waals surface area contributed by atoms with Crippen molar-refractivity contribution in [2.24, 2.45) is 35.0 Å². The van der Waals surface area contributed by atoms with Crippen LogP contribution in [0.1, 0.15) is 33.6 Å². The van der Waals surface area contributed by atoms with Crippen LogP contribution < -0.4 is 0 Å². The van der Waals surface area contributed by atoms with E-state index in [1.54, 1.807) is 0 Å². The average molecular weight is 306 g/mol. The largest absolute Gasteiger partial charge is 0.438 e. The number of ether oxygens (including phenoxy) is 3. The SMILES string of the molecule is CC(C)(C)COCOC(=O)C1CC2OC1C1C3C=CC(C3)C21. The molecule has 0 amide bonds. The first-order valence-corrected chi connectivity index (χ1v) is 8.52. The summed E-state index contributed by atoms with van der Waals surface area (Å²) < 4.78 is 16.9. The quantitative estimate of drug-likeness (QED) is 0.347. The Labute approximate surface area is 132 Å². The van der Waals surface area contributed by atoms with Gasteiger partial charge in [-0.3, -0.25) is 4.79 Å². The molecule has 4 heteroatoms. The van der Waals surface area contributed by atoms with E-state index in [4.69, 9.17) is 14.2 Å². The molecule has 0 aromatic heterocycles. The van der Waals surface area contributed by atoms with Gasteiger partial charge in [0.15, 0.2) is 6.79 Å². The van der Waals surface area contributed by atoms with Gasteiger partial charge in [-0.25, -0.2) is 0 Å². The fourth-order valence-corrected chi connectivity index (χ4v) is 5.01. The standard InChI is InChI=1S/C18H26O4/c1-18(2,3)8-20-9-21-17(19)12-7-13-14-10-4-5-11(6-10)15(14)16(12)22-13/h4-5,10-16H,6-9H2,1-3H3. The second kappa shape index (κ2) is 5.07. The van der Waals surface area contributed by atoms with E-state index < -0.39 is 0 Å². The molecule has 2 aliphatic carbocycles. The smallest absolute Gasteiger partial charge is 0.313 e.